The number of nitrogens with one attached hydrogen (secondary N) is 1. The number of aryl methyl sites for hydroxylation is 1. The summed E-state index contributed by atoms with van der Waals surface area (Å²) in [6, 6.07) is 5.91. The number of benzene rings is 1. The van der Waals surface area contributed by atoms with Gasteiger partial charge in [0, 0.05) is 11.1 Å². The molecule has 1 rings (SSSR count). The molecule has 0 aliphatic carbocycles. The molecule has 0 aliphatic heterocycles. The molecule has 0 saturated heterocycles. The van der Waals surface area contributed by atoms with Gasteiger partial charge < -0.3 is 0 Å². The quantitative estimate of drug-likeness (QED) is 0.437. The summed E-state index contributed by atoms with van der Waals surface area (Å²) in [4.78, 5) is 0. The van der Waals surface area contributed by atoms with E-state index in [0.29, 0.717) is 0 Å². The van der Waals surface area contributed by atoms with Crippen LogP contribution in [0.4, 0.5) is 5.69 Å². The standard InChI is InChI=1S/C10H13ClN2/c1-8-4-5-9(6-10(8)11)12-7-13(2)3/h4-7H,1-3H3/p+1. The largest absolute Gasteiger partial charge is 0.273 e. The van der Waals surface area contributed by atoms with E-state index in [1.54, 1.807) is 0 Å². The third-order valence-electron chi connectivity index (χ3n) is 1.66. The molecule has 1 N–H and O–H groups in total. The van der Waals surface area contributed by atoms with Crippen LogP contribution in [0.15, 0.2) is 18.2 Å². The Balaban J connectivity index is 2.80. The molecular formula is C10H14ClN2+. The SMILES string of the molecule is Cc1ccc(NC=[N+](C)C)cc1Cl. The summed E-state index contributed by atoms with van der Waals surface area (Å²) in [5.41, 5.74) is 2.10. The third-order valence-corrected chi connectivity index (χ3v) is 2.07. The van der Waals surface area contributed by atoms with Gasteiger partial charge in [-0.25, -0.2) is 5.32 Å². The summed E-state index contributed by atoms with van der Waals surface area (Å²) in [6.07, 6.45) is 1.88. The Morgan fingerprint density at radius 2 is 2.08 bits per heavy atom. The lowest BCUT2D eigenvalue weighted by Crippen LogP contribution is -2.07. The Labute approximate surface area is 83.8 Å². The average Bonchev–Trinajstić information content (AvgIpc) is 2.07. The van der Waals surface area contributed by atoms with E-state index in [2.05, 4.69) is 5.32 Å². The third kappa shape index (κ3) is 3.07. The molecular weight excluding hydrogens is 184 g/mol. The molecule has 0 aliphatic rings. The highest BCUT2D eigenvalue weighted by molar-refractivity contribution is 6.31. The van der Waals surface area contributed by atoms with E-state index in [1.807, 2.05) is 50.1 Å². The van der Waals surface area contributed by atoms with Crippen molar-refractivity contribution in [3.63, 3.8) is 0 Å². The topological polar surface area (TPSA) is 15.0 Å². The lowest BCUT2D eigenvalue weighted by Gasteiger charge is -1.99. The molecule has 3 heteroatoms. The molecule has 0 aromatic heterocycles. The Hall–Kier alpha value is -1.02. The zero-order valence-electron chi connectivity index (χ0n) is 8.13. The van der Waals surface area contributed by atoms with E-state index in [0.717, 1.165) is 16.3 Å². The number of halogens is 1. The maximum atomic E-state index is 5.96. The predicted octanol–water partition coefficient (Wildman–Crippen LogP) is 2.36. The lowest BCUT2D eigenvalue weighted by atomic mass is 10.2. The number of hydrogen-bond acceptors (Lipinski definition) is 0. The minimum absolute atomic E-state index is 0.789. The smallest absolute Gasteiger partial charge is 0.236 e. The Kier molecular flexibility index (Phi) is 3.32. The fourth-order valence-corrected chi connectivity index (χ4v) is 1.07. The Morgan fingerprint density at radius 1 is 1.38 bits per heavy atom. The van der Waals surface area contributed by atoms with E-state index < -0.39 is 0 Å². The van der Waals surface area contributed by atoms with Crippen LogP contribution in [0.25, 0.3) is 0 Å². The lowest BCUT2D eigenvalue weighted by molar-refractivity contribution is -0.459. The summed E-state index contributed by atoms with van der Waals surface area (Å²) in [7, 11) is 3.92. The molecule has 0 unspecified atom stereocenters. The second-order valence-electron chi connectivity index (χ2n) is 3.20. The normalized spacial score (nSPS) is 9.54. The van der Waals surface area contributed by atoms with Crippen LogP contribution >= 0.6 is 11.6 Å². The van der Waals surface area contributed by atoms with Crippen LogP contribution in [0, 0.1) is 6.92 Å². The number of rotatable bonds is 2. The Bertz CT molecular complexity index is 328. The van der Waals surface area contributed by atoms with E-state index in [9.17, 15) is 0 Å². The zero-order valence-corrected chi connectivity index (χ0v) is 8.89. The van der Waals surface area contributed by atoms with Crippen LogP contribution in [0.3, 0.4) is 0 Å². The first-order valence-corrected chi connectivity index (χ1v) is 4.50. The van der Waals surface area contributed by atoms with Crippen LogP contribution in [0.5, 0.6) is 0 Å². The van der Waals surface area contributed by atoms with Gasteiger partial charge in [0.05, 0.1) is 14.1 Å². The molecule has 13 heavy (non-hydrogen) atoms. The van der Waals surface area contributed by atoms with Gasteiger partial charge in [-0.05, 0) is 18.6 Å². The molecule has 1 aromatic carbocycles. The van der Waals surface area contributed by atoms with Crippen molar-refractivity contribution in [1.29, 1.82) is 0 Å². The van der Waals surface area contributed by atoms with Gasteiger partial charge in [0.15, 0.2) is 0 Å². The maximum Gasteiger partial charge on any atom is 0.236 e. The number of nitrogens with zero attached hydrogens (tertiary/aromatic N) is 1. The van der Waals surface area contributed by atoms with Gasteiger partial charge in [0.1, 0.15) is 5.69 Å². The van der Waals surface area contributed by atoms with E-state index in [-0.39, 0.29) is 0 Å². The van der Waals surface area contributed by atoms with Crippen molar-refractivity contribution in [1.82, 2.24) is 0 Å². The summed E-state index contributed by atoms with van der Waals surface area (Å²) < 4.78 is 1.94. The molecule has 0 amide bonds. The first-order chi connectivity index (χ1) is 6.09. The van der Waals surface area contributed by atoms with Crippen LogP contribution < -0.4 is 5.32 Å². The van der Waals surface area contributed by atoms with Crippen LogP contribution in [0.2, 0.25) is 5.02 Å². The molecule has 1 aromatic rings. The van der Waals surface area contributed by atoms with Gasteiger partial charge in [-0.3, -0.25) is 4.58 Å². The van der Waals surface area contributed by atoms with E-state index in [1.165, 1.54) is 0 Å². The van der Waals surface area contributed by atoms with Crippen LogP contribution in [-0.4, -0.2) is 25.0 Å². The highest BCUT2D eigenvalue weighted by atomic mass is 35.5. The van der Waals surface area contributed by atoms with Crippen molar-refractivity contribution in [2.24, 2.45) is 0 Å². The molecule has 2 nitrogen and oxygen atoms in total. The fourth-order valence-electron chi connectivity index (χ4n) is 0.886. The summed E-state index contributed by atoms with van der Waals surface area (Å²) in [6.45, 7) is 1.99. The molecule has 0 saturated carbocycles. The van der Waals surface area contributed by atoms with Crippen LogP contribution in [0.1, 0.15) is 5.56 Å². The minimum Gasteiger partial charge on any atom is -0.273 e. The molecule has 0 radical (unpaired) electrons. The Morgan fingerprint density at radius 3 is 2.62 bits per heavy atom. The fraction of sp³-hybridized carbons (Fsp3) is 0.300. The first-order valence-electron chi connectivity index (χ1n) is 4.12. The maximum absolute atomic E-state index is 5.96. The van der Waals surface area contributed by atoms with E-state index in [4.69, 9.17) is 11.6 Å². The van der Waals surface area contributed by atoms with Crippen molar-refractivity contribution >= 4 is 23.6 Å². The second kappa shape index (κ2) is 4.28. The second-order valence-corrected chi connectivity index (χ2v) is 3.61. The van der Waals surface area contributed by atoms with Crippen molar-refractivity contribution < 1.29 is 4.58 Å². The molecule has 70 valence electrons. The zero-order chi connectivity index (χ0) is 9.84. The van der Waals surface area contributed by atoms with Crippen molar-refractivity contribution in [3.8, 4) is 0 Å². The minimum atomic E-state index is 0.789. The molecule has 0 atom stereocenters. The molecule has 0 fully saturated rings. The van der Waals surface area contributed by atoms with Crippen molar-refractivity contribution in [2.75, 3.05) is 19.4 Å². The van der Waals surface area contributed by atoms with Gasteiger partial charge in [-0.15, -0.1) is 0 Å². The van der Waals surface area contributed by atoms with Crippen LogP contribution in [-0.2, 0) is 0 Å². The molecule has 0 heterocycles. The predicted molar refractivity (Wildman–Crippen MR) is 58.0 cm³/mol. The summed E-state index contributed by atoms with van der Waals surface area (Å²) in [5.74, 6) is 0. The molecule has 0 bridgehead atoms. The van der Waals surface area contributed by atoms with Gasteiger partial charge >= 0.3 is 0 Å². The monoisotopic (exact) mass is 197 g/mol. The van der Waals surface area contributed by atoms with Gasteiger partial charge in [0.25, 0.3) is 0 Å². The highest BCUT2D eigenvalue weighted by Gasteiger charge is 1.98. The highest BCUT2D eigenvalue weighted by Crippen LogP contribution is 2.19. The molecule has 0 spiro atoms. The summed E-state index contributed by atoms with van der Waals surface area (Å²) >= 11 is 5.96. The number of anilines is 1. The number of hydrogen-bond donors (Lipinski definition) is 1. The average molecular weight is 198 g/mol. The summed E-state index contributed by atoms with van der Waals surface area (Å²) in [5, 5.41) is 3.92. The van der Waals surface area contributed by atoms with Gasteiger partial charge in [-0.1, -0.05) is 17.7 Å². The van der Waals surface area contributed by atoms with Crippen molar-refractivity contribution in [3.05, 3.63) is 28.8 Å². The van der Waals surface area contributed by atoms with E-state index >= 15 is 0 Å². The van der Waals surface area contributed by atoms with Crippen molar-refractivity contribution in [2.45, 2.75) is 6.92 Å². The first kappa shape index (κ1) is 10.1. The van der Waals surface area contributed by atoms with Gasteiger partial charge in [0.2, 0.25) is 6.34 Å². The van der Waals surface area contributed by atoms with Gasteiger partial charge in [-0.2, -0.15) is 0 Å².